The van der Waals surface area contributed by atoms with Crippen LogP contribution in [0, 0.1) is 10.1 Å². The van der Waals surface area contributed by atoms with Crippen LogP contribution in [0.5, 0.6) is 5.75 Å². The number of non-ortho nitro benzene ring substituents is 1. The molecule has 0 aliphatic rings. The van der Waals surface area contributed by atoms with E-state index in [1.54, 1.807) is 25.3 Å². The van der Waals surface area contributed by atoms with E-state index in [0.717, 1.165) is 5.56 Å². The number of rotatable bonds is 9. The highest BCUT2D eigenvalue weighted by atomic mass is 32.2. The number of nitro benzene ring substituents is 1. The molecule has 0 unspecified atom stereocenters. The van der Waals surface area contributed by atoms with Crippen molar-refractivity contribution >= 4 is 29.3 Å². The van der Waals surface area contributed by atoms with E-state index >= 15 is 0 Å². The summed E-state index contributed by atoms with van der Waals surface area (Å²) >= 11 is 1.17. The van der Waals surface area contributed by atoms with Crippen LogP contribution in [0.3, 0.4) is 0 Å². The van der Waals surface area contributed by atoms with Crippen LogP contribution in [0.15, 0.2) is 53.4 Å². The molecule has 9 heteroatoms. The number of benzene rings is 2. The average molecular weight is 390 g/mol. The number of nitrogens with zero attached hydrogens (tertiary/aromatic N) is 1. The first-order chi connectivity index (χ1) is 13.0. The number of nitrogens with one attached hydrogen (secondary N) is 1. The van der Waals surface area contributed by atoms with E-state index in [1.165, 1.54) is 23.9 Å². The van der Waals surface area contributed by atoms with Gasteiger partial charge in [-0.15, -0.1) is 11.8 Å². The Morgan fingerprint density at radius 3 is 2.52 bits per heavy atom. The van der Waals surface area contributed by atoms with E-state index in [4.69, 9.17) is 9.47 Å². The summed E-state index contributed by atoms with van der Waals surface area (Å²) in [6, 6.07) is 13.1. The molecule has 27 heavy (non-hydrogen) atoms. The molecule has 0 aromatic heterocycles. The van der Waals surface area contributed by atoms with Crippen LogP contribution in [0.2, 0.25) is 0 Å². The Hall–Kier alpha value is -3.07. The van der Waals surface area contributed by atoms with Gasteiger partial charge in [-0.2, -0.15) is 0 Å². The molecule has 2 aromatic carbocycles. The summed E-state index contributed by atoms with van der Waals surface area (Å²) in [5.41, 5.74) is 0.794. The first kappa shape index (κ1) is 20.2. The van der Waals surface area contributed by atoms with E-state index in [9.17, 15) is 19.7 Å². The highest BCUT2D eigenvalue weighted by Gasteiger charge is 2.10. The Bertz CT molecular complexity index is 810. The van der Waals surface area contributed by atoms with Crippen molar-refractivity contribution in [2.45, 2.75) is 11.4 Å². The molecule has 0 saturated heterocycles. The van der Waals surface area contributed by atoms with Gasteiger partial charge in [-0.25, -0.2) is 0 Å². The minimum absolute atomic E-state index is 0.00238. The second-order valence-electron chi connectivity index (χ2n) is 5.29. The maximum absolute atomic E-state index is 11.8. The number of carbonyl (C=O) groups is 2. The zero-order valence-electron chi connectivity index (χ0n) is 14.5. The molecule has 2 rings (SSSR count). The second kappa shape index (κ2) is 10.2. The monoisotopic (exact) mass is 390 g/mol. The van der Waals surface area contributed by atoms with E-state index in [0.29, 0.717) is 10.6 Å². The molecule has 0 aliphatic carbocycles. The molecule has 8 nitrogen and oxygen atoms in total. The van der Waals surface area contributed by atoms with Gasteiger partial charge in [-0.1, -0.05) is 18.2 Å². The number of hydrogen-bond acceptors (Lipinski definition) is 7. The molecular weight excluding hydrogens is 372 g/mol. The molecule has 0 atom stereocenters. The number of methoxy groups -OCH3 is 1. The molecule has 1 N–H and O–H groups in total. The van der Waals surface area contributed by atoms with Crippen molar-refractivity contribution < 1.29 is 24.0 Å². The Labute approximate surface area is 160 Å². The third kappa shape index (κ3) is 6.63. The lowest BCUT2D eigenvalue weighted by Crippen LogP contribution is -2.28. The van der Waals surface area contributed by atoms with Crippen LogP contribution in [-0.2, 0) is 20.9 Å². The fraction of sp³-hybridized carbons (Fsp3) is 0.222. The van der Waals surface area contributed by atoms with Gasteiger partial charge in [0.15, 0.2) is 6.61 Å². The Balaban J connectivity index is 1.70. The average Bonchev–Trinajstić information content (AvgIpc) is 2.69. The molecule has 0 aliphatic heterocycles. The minimum Gasteiger partial charge on any atom is -0.496 e. The topological polar surface area (TPSA) is 108 Å². The van der Waals surface area contributed by atoms with Crippen molar-refractivity contribution in [1.29, 1.82) is 0 Å². The maximum Gasteiger partial charge on any atom is 0.316 e. The molecular formula is C18H18N2O6S. The highest BCUT2D eigenvalue weighted by molar-refractivity contribution is 8.00. The van der Waals surface area contributed by atoms with Crippen LogP contribution in [-0.4, -0.2) is 36.3 Å². The quantitative estimate of drug-likeness (QED) is 0.303. The maximum atomic E-state index is 11.8. The molecule has 0 heterocycles. The summed E-state index contributed by atoms with van der Waals surface area (Å²) in [5, 5.41) is 13.2. The number of esters is 1. The lowest BCUT2D eigenvalue weighted by atomic mass is 10.2. The predicted octanol–water partition coefficient (Wildman–Crippen LogP) is 2.56. The molecule has 0 fully saturated rings. The van der Waals surface area contributed by atoms with Crippen LogP contribution in [0.25, 0.3) is 0 Å². The zero-order chi connectivity index (χ0) is 19.6. The normalized spacial score (nSPS) is 10.1. The van der Waals surface area contributed by atoms with E-state index in [1.807, 2.05) is 18.2 Å². The molecule has 142 valence electrons. The number of amides is 1. The third-order valence-corrected chi connectivity index (χ3v) is 4.42. The first-order valence-electron chi connectivity index (χ1n) is 7.91. The molecule has 0 spiro atoms. The fourth-order valence-electron chi connectivity index (χ4n) is 2.09. The van der Waals surface area contributed by atoms with Crippen molar-refractivity contribution in [3.8, 4) is 5.75 Å². The zero-order valence-corrected chi connectivity index (χ0v) is 15.4. The van der Waals surface area contributed by atoms with Gasteiger partial charge in [-0.05, 0) is 18.2 Å². The van der Waals surface area contributed by atoms with Gasteiger partial charge >= 0.3 is 5.97 Å². The van der Waals surface area contributed by atoms with E-state index < -0.39 is 16.8 Å². The predicted molar refractivity (Wildman–Crippen MR) is 99.6 cm³/mol. The SMILES string of the molecule is COc1ccccc1CNC(=O)COC(=O)CSc1ccc([N+](=O)[O-])cc1. The summed E-state index contributed by atoms with van der Waals surface area (Å²) < 4.78 is 10.1. The van der Waals surface area contributed by atoms with Gasteiger partial charge in [-0.3, -0.25) is 19.7 Å². The van der Waals surface area contributed by atoms with Crippen molar-refractivity contribution in [1.82, 2.24) is 5.32 Å². The molecule has 0 saturated carbocycles. The number of carbonyl (C=O) groups excluding carboxylic acids is 2. The standard InChI is InChI=1S/C18H18N2O6S/c1-25-16-5-3-2-4-13(16)10-19-17(21)11-26-18(22)12-27-15-8-6-14(7-9-15)20(23)24/h2-9H,10-12H2,1H3,(H,19,21). The van der Waals surface area contributed by atoms with Gasteiger partial charge in [0.2, 0.25) is 0 Å². The van der Waals surface area contributed by atoms with Crippen LogP contribution >= 0.6 is 11.8 Å². The number of hydrogen-bond donors (Lipinski definition) is 1. The summed E-state index contributed by atoms with van der Waals surface area (Å²) in [6.45, 7) is -0.118. The van der Waals surface area contributed by atoms with Crippen molar-refractivity contribution in [2.75, 3.05) is 19.5 Å². The smallest absolute Gasteiger partial charge is 0.316 e. The van der Waals surface area contributed by atoms with Crippen LogP contribution in [0.4, 0.5) is 5.69 Å². The van der Waals surface area contributed by atoms with Crippen LogP contribution < -0.4 is 10.1 Å². The van der Waals surface area contributed by atoms with Crippen molar-refractivity contribution in [3.63, 3.8) is 0 Å². The summed E-state index contributed by atoms with van der Waals surface area (Å²) in [4.78, 5) is 34.3. The van der Waals surface area contributed by atoms with Crippen LogP contribution in [0.1, 0.15) is 5.56 Å². The lowest BCUT2D eigenvalue weighted by molar-refractivity contribution is -0.384. The van der Waals surface area contributed by atoms with E-state index in [2.05, 4.69) is 5.32 Å². The Morgan fingerprint density at radius 1 is 1.15 bits per heavy atom. The van der Waals surface area contributed by atoms with Gasteiger partial charge in [0.25, 0.3) is 11.6 Å². The molecule has 0 bridgehead atoms. The van der Waals surface area contributed by atoms with Gasteiger partial charge < -0.3 is 14.8 Å². The second-order valence-corrected chi connectivity index (χ2v) is 6.34. The lowest BCUT2D eigenvalue weighted by Gasteiger charge is -2.10. The summed E-state index contributed by atoms with van der Waals surface area (Å²) in [5.74, 6) is -0.313. The number of para-hydroxylation sites is 1. The van der Waals surface area contributed by atoms with Crippen molar-refractivity contribution in [3.05, 3.63) is 64.2 Å². The highest BCUT2D eigenvalue weighted by Crippen LogP contribution is 2.21. The number of nitro groups is 1. The third-order valence-electron chi connectivity index (χ3n) is 3.44. The summed E-state index contributed by atoms with van der Waals surface area (Å²) in [6.07, 6.45) is 0. The van der Waals surface area contributed by atoms with Crippen molar-refractivity contribution in [2.24, 2.45) is 0 Å². The summed E-state index contributed by atoms with van der Waals surface area (Å²) in [7, 11) is 1.55. The van der Waals surface area contributed by atoms with Gasteiger partial charge in [0.05, 0.1) is 17.8 Å². The first-order valence-corrected chi connectivity index (χ1v) is 8.89. The Morgan fingerprint density at radius 2 is 1.85 bits per heavy atom. The fourth-order valence-corrected chi connectivity index (χ4v) is 2.78. The van der Waals surface area contributed by atoms with E-state index in [-0.39, 0.29) is 24.6 Å². The molecule has 1 amide bonds. The largest absolute Gasteiger partial charge is 0.496 e. The molecule has 2 aromatic rings. The number of ether oxygens (including phenoxy) is 2. The minimum atomic E-state index is -0.550. The number of thioether (sulfide) groups is 1. The van der Waals surface area contributed by atoms with Gasteiger partial charge in [0, 0.05) is 29.1 Å². The molecule has 0 radical (unpaired) electrons. The van der Waals surface area contributed by atoms with Gasteiger partial charge in [0.1, 0.15) is 5.75 Å². The Kier molecular flexibility index (Phi) is 7.63.